The van der Waals surface area contributed by atoms with Gasteiger partial charge in [0.2, 0.25) is 0 Å². The van der Waals surface area contributed by atoms with Gasteiger partial charge in [-0.1, -0.05) is 22.4 Å². The lowest BCUT2D eigenvalue weighted by Gasteiger charge is -2.28. The van der Waals surface area contributed by atoms with Crippen LogP contribution in [0.15, 0.2) is 4.47 Å². The number of nitrogens with one attached hydrogen (secondary N) is 1. The second-order valence-electron chi connectivity index (χ2n) is 4.95. The molecule has 2 nitrogen and oxygen atoms in total. The van der Waals surface area contributed by atoms with E-state index in [1.807, 2.05) is 13.8 Å². The van der Waals surface area contributed by atoms with Crippen molar-refractivity contribution in [1.29, 1.82) is 0 Å². The number of aromatic hydroxyl groups is 1. The molecule has 1 aliphatic heterocycles. The average molecular weight is 298 g/mol. The lowest BCUT2D eigenvalue weighted by molar-refractivity contribution is 0.388. The van der Waals surface area contributed by atoms with E-state index in [0.717, 1.165) is 34.1 Å². The van der Waals surface area contributed by atoms with Crippen molar-refractivity contribution in [3.63, 3.8) is 0 Å². The normalized spacial score (nSPS) is 20.6. The van der Waals surface area contributed by atoms with Crippen molar-refractivity contribution in [2.24, 2.45) is 0 Å². The first kappa shape index (κ1) is 12.9. The van der Waals surface area contributed by atoms with Crippen LogP contribution in [0, 0.1) is 20.8 Å². The molecule has 94 valence electrons. The fraction of sp³-hybridized carbons (Fsp3) is 0.571. The zero-order chi connectivity index (χ0) is 12.6. The van der Waals surface area contributed by atoms with Crippen molar-refractivity contribution in [1.82, 2.24) is 5.32 Å². The van der Waals surface area contributed by atoms with E-state index < -0.39 is 0 Å². The molecular weight excluding hydrogens is 278 g/mol. The van der Waals surface area contributed by atoms with Crippen LogP contribution in [-0.2, 0) is 0 Å². The monoisotopic (exact) mass is 297 g/mol. The molecule has 1 fully saturated rings. The standard InChI is InChI=1S/C14H20BrNO/c1-8-9(2)14(17)12(10(3)13(8)15)11-6-4-5-7-16-11/h11,16-17H,4-7H2,1-3H3. The highest BCUT2D eigenvalue weighted by Gasteiger charge is 2.23. The summed E-state index contributed by atoms with van der Waals surface area (Å²) in [4.78, 5) is 0. The van der Waals surface area contributed by atoms with Crippen molar-refractivity contribution in [2.75, 3.05) is 6.54 Å². The third-order valence-corrected chi connectivity index (χ3v) is 5.08. The number of phenols is 1. The molecule has 2 rings (SSSR count). The minimum atomic E-state index is 0.305. The summed E-state index contributed by atoms with van der Waals surface area (Å²) in [6.07, 6.45) is 3.59. The van der Waals surface area contributed by atoms with Crippen LogP contribution in [0.5, 0.6) is 5.75 Å². The van der Waals surface area contributed by atoms with E-state index in [2.05, 4.69) is 28.2 Å². The summed E-state index contributed by atoms with van der Waals surface area (Å²) in [5, 5.41) is 13.9. The van der Waals surface area contributed by atoms with Gasteiger partial charge in [-0.05, 0) is 56.8 Å². The van der Waals surface area contributed by atoms with Crippen LogP contribution >= 0.6 is 15.9 Å². The Hall–Kier alpha value is -0.540. The van der Waals surface area contributed by atoms with E-state index in [4.69, 9.17) is 0 Å². The predicted molar refractivity (Wildman–Crippen MR) is 74.6 cm³/mol. The van der Waals surface area contributed by atoms with Crippen LogP contribution in [0.25, 0.3) is 0 Å². The summed E-state index contributed by atoms with van der Waals surface area (Å²) >= 11 is 3.64. The third-order valence-electron chi connectivity index (χ3n) is 3.89. The summed E-state index contributed by atoms with van der Waals surface area (Å²) in [6, 6.07) is 0.305. The second-order valence-corrected chi connectivity index (χ2v) is 5.75. The Morgan fingerprint density at radius 2 is 1.82 bits per heavy atom. The van der Waals surface area contributed by atoms with Crippen molar-refractivity contribution in [3.05, 3.63) is 26.7 Å². The van der Waals surface area contributed by atoms with Gasteiger partial charge >= 0.3 is 0 Å². The van der Waals surface area contributed by atoms with Crippen molar-refractivity contribution in [3.8, 4) is 5.75 Å². The van der Waals surface area contributed by atoms with Crippen LogP contribution in [0.4, 0.5) is 0 Å². The number of benzene rings is 1. The summed E-state index contributed by atoms with van der Waals surface area (Å²) in [5.74, 6) is 0.475. The molecule has 1 heterocycles. The van der Waals surface area contributed by atoms with Gasteiger partial charge in [-0.3, -0.25) is 0 Å². The zero-order valence-corrected chi connectivity index (χ0v) is 12.3. The van der Waals surface area contributed by atoms with Crippen LogP contribution in [0.1, 0.15) is 47.6 Å². The zero-order valence-electron chi connectivity index (χ0n) is 10.7. The van der Waals surface area contributed by atoms with Crippen LogP contribution in [0.2, 0.25) is 0 Å². The highest BCUT2D eigenvalue weighted by Crippen LogP contribution is 2.40. The van der Waals surface area contributed by atoms with Crippen molar-refractivity contribution in [2.45, 2.75) is 46.1 Å². The van der Waals surface area contributed by atoms with Gasteiger partial charge in [-0.2, -0.15) is 0 Å². The minimum Gasteiger partial charge on any atom is -0.507 e. The Morgan fingerprint density at radius 1 is 1.12 bits per heavy atom. The van der Waals surface area contributed by atoms with Gasteiger partial charge in [0.05, 0.1) is 0 Å². The molecule has 0 amide bonds. The number of hydrogen-bond donors (Lipinski definition) is 2. The highest BCUT2D eigenvalue weighted by molar-refractivity contribution is 9.10. The molecule has 0 aromatic heterocycles. The van der Waals surface area contributed by atoms with Gasteiger partial charge in [-0.15, -0.1) is 0 Å². The average Bonchev–Trinajstić information content (AvgIpc) is 2.36. The molecule has 2 N–H and O–H groups in total. The first-order chi connectivity index (χ1) is 8.04. The number of rotatable bonds is 1. The van der Waals surface area contributed by atoms with Crippen LogP contribution in [-0.4, -0.2) is 11.7 Å². The highest BCUT2D eigenvalue weighted by atomic mass is 79.9. The second kappa shape index (κ2) is 4.99. The molecule has 1 aromatic rings. The van der Waals surface area contributed by atoms with Gasteiger partial charge in [0, 0.05) is 16.1 Å². The summed E-state index contributed by atoms with van der Waals surface area (Å²) in [5.41, 5.74) is 4.38. The van der Waals surface area contributed by atoms with E-state index in [1.54, 1.807) is 0 Å². The van der Waals surface area contributed by atoms with Gasteiger partial charge in [0.25, 0.3) is 0 Å². The molecule has 0 saturated carbocycles. The predicted octanol–water partition coefficient (Wildman–Crippen LogP) is 3.89. The number of hydrogen-bond acceptors (Lipinski definition) is 2. The van der Waals surface area contributed by atoms with Gasteiger partial charge in [0.15, 0.2) is 0 Å². The van der Waals surface area contributed by atoms with Crippen molar-refractivity contribution >= 4 is 15.9 Å². The Kier molecular flexibility index (Phi) is 3.79. The lowest BCUT2D eigenvalue weighted by Crippen LogP contribution is -2.27. The molecule has 1 atom stereocenters. The minimum absolute atomic E-state index is 0.305. The summed E-state index contributed by atoms with van der Waals surface area (Å²) in [6.45, 7) is 7.17. The molecule has 17 heavy (non-hydrogen) atoms. The maximum absolute atomic E-state index is 10.4. The molecule has 1 unspecified atom stereocenters. The number of piperidine rings is 1. The van der Waals surface area contributed by atoms with Gasteiger partial charge < -0.3 is 10.4 Å². The van der Waals surface area contributed by atoms with Gasteiger partial charge in [0.1, 0.15) is 5.75 Å². The van der Waals surface area contributed by atoms with E-state index in [0.29, 0.717) is 11.8 Å². The van der Waals surface area contributed by atoms with E-state index in [-0.39, 0.29) is 0 Å². The molecule has 1 aliphatic rings. The fourth-order valence-corrected chi connectivity index (χ4v) is 3.16. The number of phenolic OH excluding ortho intramolecular Hbond substituents is 1. The molecule has 1 aromatic carbocycles. The Labute approximate surface area is 112 Å². The topological polar surface area (TPSA) is 32.3 Å². The SMILES string of the molecule is Cc1c(C)c(Br)c(C)c(C2CCCCN2)c1O. The van der Waals surface area contributed by atoms with E-state index >= 15 is 0 Å². The summed E-state index contributed by atoms with van der Waals surface area (Å²) in [7, 11) is 0. The van der Waals surface area contributed by atoms with E-state index in [1.165, 1.54) is 18.4 Å². The number of halogens is 1. The Balaban J connectivity index is 2.52. The molecule has 0 radical (unpaired) electrons. The van der Waals surface area contributed by atoms with Crippen LogP contribution in [0.3, 0.4) is 0 Å². The quantitative estimate of drug-likeness (QED) is 0.824. The molecular formula is C14H20BrNO. The first-order valence-corrected chi connectivity index (χ1v) is 7.04. The molecule has 1 saturated heterocycles. The van der Waals surface area contributed by atoms with Gasteiger partial charge in [-0.25, -0.2) is 0 Å². The fourth-order valence-electron chi connectivity index (χ4n) is 2.65. The van der Waals surface area contributed by atoms with E-state index in [9.17, 15) is 5.11 Å². The smallest absolute Gasteiger partial charge is 0.123 e. The largest absolute Gasteiger partial charge is 0.507 e. The maximum atomic E-state index is 10.4. The third kappa shape index (κ3) is 2.23. The Bertz CT molecular complexity index is 407. The first-order valence-electron chi connectivity index (χ1n) is 6.25. The molecule has 0 aliphatic carbocycles. The molecule has 0 spiro atoms. The summed E-state index contributed by atoms with van der Waals surface area (Å²) < 4.78 is 1.13. The molecule has 0 bridgehead atoms. The maximum Gasteiger partial charge on any atom is 0.123 e. The Morgan fingerprint density at radius 3 is 2.41 bits per heavy atom. The van der Waals surface area contributed by atoms with Crippen LogP contribution < -0.4 is 5.32 Å². The lowest BCUT2D eigenvalue weighted by atomic mass is 9.90. The van der Waals surface area contributed by atoms with Crippen molar-refractivity contribution < 1.29 is 5.11 Å². The molecule has 3 heteroatoms.